The van der Waals surface area contributed by atoms with Crippen molar-refractivity contribution in [1.29, 1.82) is 0 Å². The topological polar surface area (TPSA) is 33.6 Å². The lowest BCUT2D eigenvalue weighted by Crippen LogP contribution is -2.00. The Hall–Kier alpha value is -0.650. The maximum atomic E-state index is 6.19. The summed E-state index contributed by atoms with van der Waals surface area (Å²) in [6.07, 6.45) is 0.993. The van der Waals surface area contributed by atoms with Crippen LogP contribution in [0.25, 0.3) is 11.4 Å². The molecule has 0 radical (unpaired) electrons. The average Bonchev–Trinajstić information content (AvgIpc) is 2.65. The molecule has 1 aromatic heterocycles. The SMILES string of the molecule is CCCn1c(-c2cc(Br)ccc2Cl)n[nH]c1=S. The average molecular weight is 333 g/mol. The Morgan fingerprint density at radius 3 is 3.00 bits per heavy atom. The fourth-order valence-electron chi connectivity index (χ4n) is 1.62. The van der Waals surface area contributed by atoms with Gasteiger partial charge in [0.25, 0.3) is 0 Å². The number of halogens is 2. The van der Waals surface area contributed by atoms with Gasteiger partial charge in [0, 0.05) is 16.6 Å². The van der Waals surface area contributed by atoms with Crippen LogP contribution in [-0.4, -0.2) is 14.8 Å². The summed E-state index contributed by atoms with van der Waals surface area (Å²) >= 11 is 14.8. The van der Waals surface area contributed by atoms with Gasteiger partial charge in [-0.05, 0) is 36.8 Å². The minimum absolute atomic E-state index is 0.623. The van der Waals surface area contributed by atoms with E-state index in [9.17, 15) is 0 Å². The third-order valence-electron chi connectivity index (χ3n) is 2.37. The van der Waals surface area contributed by atoms with E-state index < -0.39 is 0 Å². The van der Waals surface area contributed by atoms with E-state index >= 15 is 0 Å². The number of nitrogens with one attached hydrogen (secondary N) is 1. The van der Waals surface area contributed by atoms with Crippen LogP contribution in [0.15, 0.2) is 22.7 Å². The second-order valence-corrected chi connectivity index (χ2v) is 5.34. The van der Waals surface area contributed by atoms with Crippen LogP contribution in [0.4, 0.5) is 0 Å². The third-order valence-corrected chi connectivity index (χ3v) is 3.51. The van der Waals surface area contributed by atoms with Crippen molar-refractivity contribution in [1.82, 2.24) is 14.8 Å². The normalized spacial score (nSPS) is 10.8. The van der Waals surface area contributed by atoms with Gasteiger partial charge < -0.3 is 4.57 Å². The summed E-state index contributed by atoms with van der Waals surface area (Å²) in [6.45, 7) is 2.93. The molecule has 1 aromatic carbocycles. The van der Waals surface area contributed by atoms with Gasteiger partial charge in [-0.15, -0.1) is 0 Å². The Labute approximate surface area is 118 Å². The highest BCUT2D eigenvalue weighted by atomic mass is 79.9. The number of H-pyrrole nitrogens is 1. The first-order chi connectivity index (χ1) is 8.13. The summed E-state index contributed by atoms with van der Waals surface area (Å²) in [6, 6.07) is 5.69. The minimum atomic E-state index is 0.623. The molecular formula is C11H11BrClN3S. The largest absolute Gasteiger partial charge is 0.300 e. The van der Waals surface area contributed by atoms with E-state index in [0.717, 1.165) is 28.8 Å². The Balaban J connectivity index is 2.60. The maximum absolute atomic E-state index is 6.19. The predicted molar refractivity (Wildman–Crippen MR) is 75.8 cm³/mol. The van der Waals surface area contributed by atoms with Crippen LogP contribution in [0.5, 0.6) is 0 Å². The Morgan fingerprint density at radius 1 is 1.53 bits per heavy atom. The van der Waals surface area contributed by atoms with Gasteiger partial charge >= 0.3 is 0 Å². The zero-order valence-electron chi connectivity index (χ0n) is 9.20. The van der Waals surface area contributed by atoms with Crippen LogP contribution in [0.1, 0.15) is 13.3 Å². The Bertz CT molecular complexity index is 591. The highest BCUT2D eigenvalue weighted by molar-refractivity contribution is 9.10. The van der Waals surface area contributed by atoms with Crippen molar-refractivity contribution in [3.05, 3.63) is 32.5 Å². The Kier molecular flexibility index (Phi) is 4.01. The molecule has 1 heterocycles. The van der Waals surface area contributed by atoms with E-state index in [1.807, 2.05) is 22.8 Å². The second-order valence-electron chi connectivity index (χ2n) is 3.63. The summed E-state index contributed by atoms with van der Waals surface area (Å²) in [4.78, 5) is 0. The van der Waals surface area contributed by atoms with Crippen LogP contribution in [0.3, 0.4) is 0 Å². The first-order valence-electron chi connectivity index (χ1n) is 5.24. The molecule has 0 fully saturated rings. The number of hydrogen-bond donors (Lipinski definition) is 1. The summed E-state index contributed by atoms with van der Waals surface area (Å²) in [5, 5.41) is 7.72. The highest BCUT2D eigenvalue weighted by Gasteiger charge is 2.12. The minimum Gasteiger partial charge on any atom is -0.300 e. The number of aromatic amines is 1. The van der Waals surface area contributed by atoms with E-state index in [-0.39, 0.29) is 0 Å². The van der Waals surface area contributed by atoms with Gasteiger partial charge in [0.1, 0.15) is 0 Å². The molecule has 0 aliphatic heterocycles. The van der Waals surface area contributed by atoms with Crippen LogP contribution in [0.2, 0.25) is 5.02 Å². The van der Waals surface area contributed by atoms with E-state index in [0.29, 0.717) is 9.79 Å². The molecule has 0 amide bonds. The molecule has 0 aliphatic rings. The number of rotatable bonds is 3. The van der Waals surface area contributed by atoms with Gasteiger partial charge in [-0.3, -0.25) is 5.10 Å². The molecule has 0 unspecified atom stereocenters. The molecular weight excluding hydrogens is 322 g/mol. The zero-order valence-corrected chi connectivity index (χ0v) is 12.4. The summed E-state index contributed by atoms with van der Waals surface area (Å²) in [5.74, 6) is 0.781. The third kappa shape index (κ3) is 2.61. The van der Waals surface area contributed by atoms with Crippen LogP contribution in [-0.2, 0) is 6.54 Å². The van der Waals surface area contributed by atoms with Crippen molar-refractivity contribution in [2.24, 2.45) is 0 Å². The fraction of sp³-hybridized carbons (Fsp3) is 0.273. The molecule has 3 nitrogen and oxygen atoms in total. The number of benzene rings is 1. The molecule has 90 valence electrons. The molecule has 0 saturated heterocycles. The molecule has 0 spiro atoms. The predicted octanol–water partition coefficient (Wildman–Crippen LogP) is 4.43. The van der Waals surface area contributed by atoms with Gasteiger partial charge in [-0.2, -0.15) is 5.10 Å². The van der Waals surface area contributed by atoms with E-state index in [2.05, 4.69) is 33.1 Å². The molecule has 0 aliphatic carbocycles. The van der Waals surface area contributed by atoms with Crippen molar-refractivity contribution >= 4 is 39.7 Å². The molecule has 1 N–H and O–H groups in total. The lowest BCUT2D eigenvalue weighted by Gasteiger charge is -2.07. The summed E-state index contributed by atoms with van der Waals surface area (Å²) in [7, 11) is 0. The quantitative estimate of drug-likeness (QED) is 0.843. The van der Waals surface area contributed by atoms with Crippen molar-refractivity contribution in [2.45, 2.75) is 19.9 Å². The van der Waals surface area contributed by atoms with E-state index in [4.69, 9.17) is 23.8 Å². The van der Waals surface area contributed by atoms with Gasteiger partial charge in [0.2, 0.25) is 0 Å². The highest BCUT2D eigenvalue weighted by Crippen LogP contribution is 2.29. The monoisotopic (exact) mass is 331 g/mol. The van der Waals surface area contributed by atoms with Crippen molar-refractivity contribution in [2.75, 3.05) is 0 Å². The van der Waals surface area contributed by atoms with Crippen molar-refractivity contribution in [3.63, 3.8) is 0 Å². The summed E-state index contributed by atoms with van der Waals surface area (Å²) in [5.41, 5.74) is 0.877. The lowest BCUT2D eigenvalue weighted by atomic mass is 10.2. The second kappa shape index (κ2) is 5.33. The van der Waals surface area contributed by atoms with Crippen molar-refractivity contribution in [3.8, 4) is 11.4 Å². The van der Waals surface area contributed by atoms with Gasteiger partial charge in [-0.1, -0.05) is 34.5 Å². The van der Waals surface area contributed by atoms with E-state index in [1.54, 1.807) is 0 Å². The van der Waals surface area contributed by atoms with Gasteiger partial charge in [-0.25, -0.2) is 0 Å². The van der Waals surface area contributed by atoms with E-state index in [1.165, 1.54) is 0 Å². The van der Waals surface area contributed by atoms with Crippen LogP contribution in [0, 0.1) is 4.77 Å². The Morgan fingerprint density at radius 2 is 2.29 bits per heavy atom. The first kappa shape index (κ1) is 12.8. The maximum Gasteiger partial charge on any atom is 0.195 e. The molecule has 2 aromatic rings. The van der Waals surface area contributed by atoms with Gasteiger partial charge in [0.05, 0.1) is 5.02 Å². The molecule has 6 heteroatoms. The van der Waals surface area contributed by atoms with Crippen molar-refractivity contribution < 1.29 is 0 Å². The van der Waals surface area contributed by atoms with Gasteiger partial charge in [0.15, 0.2) is 10.6 Å². The number of hydrogen-bond acceptors (Lipinski definition) is 2. The first-order valence-corrected chi connectivity index (χ1v) is 6.82. The summed E-state index contributed by atoms with van der Waals surface area (Å²) < 4.78 is 3.55. The lowest BCUT2D eigenvalue weighted by molar-refractivity contribution is 0.675. The standard InChI is InChI=1S/C11H11BrClN3S/c1-2-5-16-10(14-15-11(16)17)8-6-7(12)3-4-9(8)13/h3-4,6H,2,5H2,1H3,(H,15,17). The molecule has 17 heavy (non-hydrogen) atoms. The molecule has 0 saturated carbocycles. The smallest absolute Gasteiger partial charge is 0.195 e. The number of nitrogens with zero attached hydrogens (tertiary/aromatic N) is 2. The molecule has 2 rings (SSSR count). The van der Waals surface area contributed by atoms with Crippen LogP contribution >= 0.6 is 39.7 Å². The number of aromatic nitrogens is 3. The zero-order chi connectivity index (χ0) is 12.4. The molecule has 0 bridgehead atoms. The van der Waals surface area contributed by atoms with Crippen LogP contribution < -0.4 is 0 Å². The molecule has 0 atom stereocenters. The fourth-order valence-corrected chi connectivity index (χ4v) is 2.41.